The van der Waals surface area contributed by atoms with Crippen molar-refractivity contribution in [2.24, 2.45) is 0 Å². The minimum Gasteiger partial charge on any atom is -0.369 e. The van der Waals surface area contributed by atoms with Gasteiger partial charge in [0.15, 0.2) is 0 Å². The fourth-order valence-corrected chi connectivity index (χ4v) is 4.14. The van der Waals surface area contributed by atoms with Gasteiger partial charge in [-0.3, -0.25) is 14.8 Å². The number of fused-ring (bicyclic) bond motifs is 1. The largest absolute Gasteiger partial charge is 0.369 e. The first-order valence-electron chi connectivity index (χ1n) is 9.66. The Morgan fingerprint density at radius 1 is 0.885 bits per heavy atom. The van der Waals surface area contributed by atoms with Crippen molar-refractivity contribution in [1.82, 2.24) is 14.8 Å². The summed E-state index contributed by atoms with van der Waals surface area (Å²) in [7, 11) is 0. The Morgan fingerprint density at radius 3 is 2.46 bits per heavy atom. The van der Waals surface area contributed by atoms with Crippen molar-refractivity contribution in [2.75, 3.05) is 50.7 Å². The number of hydrogen-bond donors (Lipinski definition) is 0. The molecule has 0 amide bonds. The summed E-state index contributed by atoms with van der Waals surface area (Å²) in [6.45, 7) is 9.10. The van der Waals surface area contributed by atoms with Crippen LogP contribution in [0.25, 0.3) is 0 Å². The molecule has 0 bridgehead atoms. The molecule has 3 heterocycles. The van der Waals surface area contributed by atoms with Crippen molar-refractivity contribution >= 4 is 17.3 Å². The molecule has 0 spiro atoms. The molecule has 1 saturated heterocycles. The van der Waals surface area contributed by atoms with Crippen LogP contribution in [0, 0.1) is 0 Å². The molecule has 2 aromatic rings. The van der Waals surface area contributed by atoms with Crippen LogP contribution in [0.2, 0.25) is 5.02 Å². The van der Waals surface area contributed by atoms with Gasteiger partial charge in [0.05, 0.1) is 0 Å². The Kier molecular flexibility index (Phi) is 5.73. The highest BCUT2D eigenvalue weighted by molar-refractivity contribution is 6.30. The fourth-order valence-electron chi connectivity index (χ4n) is 4.01. The highest BCUT2D eigenvalue weighted by atomic mass is 35.5. The van der Waals surface area contributed by atoms with Crippen molar-refractivity contribution in [3.63, 3.8) is 0 Å². The van der Waals surface area contributed by atoms with E-state index in [1.54, 1.807) is 0 Å². The van der Waals surface area contributed by atoms with E-state index in [1.807, 2.05) is 18.3 Å². The molecule has 0 radical (unpaired) electrons. The lowest BCUT2D eigenvalue weighted by molar-refractivity contribution is 0.209. The SMILES string of the molecule is Clc1ccc(N2CCN(CCCN3CCc4ncccc4C3)CC2)cc1. The molecule has 0 aliphatic carbocycles. The topological polar surface area (TPSA) is 22.6 Å². The van der Waals surface area contributed by atoms with Crippen LogP contribution >= 0.6 is 11.6 Å². The molecule has 0 saturated carbocycles. The minimum absolute atomic E-state index is 0.809. The van der Waals surface area contributed by atoms with Gasteiger partial charge in [0.1, 0.15) is 0 Å². The zero-order valence-corrected chi connectivity index (χ0v) is 16.0. The molecule has 138 valence electrons. The number of aromatic nitrogens is 1. The summed E-state index contributed by atoms with van der Waals surface area (Å²) < 4.78 is 0. The number of rotatable bonds is 5. The van der Waals surface area contributed by atoms with Crippen LogP contribution in [0.15, 0.2) is 42.6 Å². The number of nitrogens with zero attached hydrogens (tertiary/aromatic N) is 4. The van der Waals surface area contributed by atoms with Gasteiger partial charge in [-0.1, -0.05) is 17.7 Å². The quantitative estimate of drug-likeness (QED) is 0.805. The molecular weight excluding hydrogens is 344 g/mol. The Bertz CT molecular complexity index is 710. The van der Waals surface area contributed by atoms with Crippen LogP contribution in [-0.4, -0.2) is 60.6 Å². The molecular formula is C21H27ClN4. The van der Waals surface area contributed by atoms with Gasteiger partial charge in [0.25, 0.3) is 0 Å². The molecule has 1 aromatic heterocycles. The summed E-state index contributed by atoms with van der Waals surface area (Å²) in [5.41, 5.74) is 3.99. The average Bonchev–Trinajstić information content (AvgIpc) is 2.69. The maximum Gasteiger partial charge on any atom is 0.0461 e. The van der Waals surface area contributed by atoms with Crippen LogP contribution in [0.5, 0.6) is 0 Å². The third kappa shape index (κ3) is 4.37. The van der Waals surface area contributed by atoms with Gasteiger partial charge in [0.2, 0.25) is 0 Å². The Labute approximate surface area is 161 Å². The van der Waals surface area contributed by atoms with Crippen molar-refractivity contribution in [2.45, 2.75) is 19.4 Å². The second-order valence-electron chi connectivity index (χ2n) is 7.29. The zero-order valence-electron chi connectivity index (χ0n) is 15.3. The molecule has 1 fully saturated rings. The summed E-state index contributed by atoms with van der Waals surface area (Å²) >= 11 is 5.99. The van der Waals surface area contributed by atoms with E-state index < -0.39 is 0 Å². The second kappa shape index (κ2) is 8.38. The first-order chi connectivity index (χ1) is 12.8. The van der Waals surface area contributed by atoms with Crippen molar-refractivity contribution in [3.05, 3.63) is 58.9 Å². The first kappa shape index (κ1) is 17.8. The monoisotopic (exact) mass is 370 g/mol. The van der Waals surface area contributed by atoms with Crippen molar-refractivity contribution in [3.8, 4) is 0 Å². The van der Waals surface area contributed by atoms with Crippen molar-refractivity contribution < 1.29 is 0 Å². The van der Waals surface area contributed by atoms with E-state index in [0.29, 0.717) is 0 Å². The Hall–Kier alpha value is -1.62. The summed E-state index contributed by atoms with van der Waals surface area (Å²) in [4.78, 5) is 12.1. The van der Waals surface area contributed by atoms with Gasteiger partial charge < -0.3 is 4.90 Å². The normalized spacial score (nSPS) is 18.7. The predicted octanol–water partition coefficient (Wildman–Crippen LogP) is 3.31. The number of pyridine rings is 1. The van der Waals surface area contributed by atoms with Gasteiger partial charge in [-0.15, -0.1) is 0 Å². The number of anilines is 1. The zero-order chi connectivity index (χ0) is 17.8. The van der Waals surface area contributed by atoms with Gasteiger partial charge in [-0.2, -0.15) is 0 Å². The third-order valence-electron chi connectivity index (χ3n) is 5.56. The molecule has 26 heavy (non-hydrogen) atoms. The van der Waals surface area contributed by atoms with Crippen LogP contribution in [0.3, 0.4) is 0 Å². The van der Waals surface area contributed by atoms with Crippen LogP contribution in [0.1, 0.15) is 17.7 Å². The molecule has 4 nitrogen and oxygen atoms in total. The minimum atomic E-state index is 0.809. The average molecular weight is 371 g/mol. The van der Waals surface area contributed by atoms with Crippen LogP contribution in [-0.2, 0) is 13.0 Å². The molecule has 0 atom stereocenters. The van der Waals surface area contributed by atoms with Gasteiger partial charge >= 0.3 is 0 Å². The number of benzene rings is 1. The van der Waals surface area contributed by atoms with Crippen LogP contribution < -0.4 is 4.90 Å². The molecule has 2 aliphatic rings. The Morgan fingerprint density at radius 2 is 1.65 bits per heavy atom. The van der Waals surface area contributed by atoms with Gasteiger partial charge in [-0.25, -0.2) is 0 Å². The third-order valence-corrected chi connectivity index (χ3v) is 5.81. The summed E-state index contributed by atoms with van der Waals surface area (Å²) in [6, 6.07) is 12.5. The number of halogens is 1. The lowest BCUT2D eigenvalue weighted by Gasteiger charge is -2.36. The highest BCUT2D eigenvalue weighted by Crippen LogP contribution is 2.20. The van der Waals surface area contributed by atoms with Gasteiger partial charge in [0, 0.05) is 68.3 Å². The fraction of sp³-hybridized carbons (Fsp3) is 0.476. The van der Waals surface area contributed by atoms with E-state index >= 15 is 0 Å². The molecule has 0 unspecified atom stereocenters. The first-order valence-corrected chi connectivity index (χ1v) is 10.0. The maximum absolute atomic E-state index is 5.99. The lowest BCUT2D eigenvalue weighted by Crippen LogP contribution is -2.47. The smallest absolute Gasteiger partial charge is 0.0461 e. The van der Waals surface area contributed by atoms with Crippen LogP contribution in [0.4, 0.5) is 5.69 Å². The van der Waals surface area contributed by atoms with Crippen molar-refractivity contribution in [1.29, 1.82) is 0 Å². The molecule has 1 aromatic carbocycles. The molecule has 0 N–H and O–H groups in total. The maximum atomic E-state index is 5.99. The lowest BCUT2D eigenvalue weighted by atomic mass is 10.1. The van der Waals surface area contributed by atoms with E-state index in [-0.39, 0.29) is 0 Å². The summed E-state index contributed by atoms with van der Waals surface area (Å²) in [6.07, 6.45) is 4.25. The number of hydrogen-bond acceptors (Lipinski definition) is 4. The molecule has 4 rings (SSSR count). The van der Waals surface area contributed by atoms with E-state index in [0.717, 1.165) is 50.7 Å². The van der Waals surface area contributed by atoms with E-state index in [9.17, 15) is 0 Å². The standard InChI is InChI=1S/C21H27ClN4/c22-19-4-6-20(7-5-19)26-15-13-24(14-16-26)10-2-11-25-12-8-21-18(17-25)3-1-9-23-21/h1,3-7,9H,2,8,10-17H2. The molecule has 5 heteroatoms. The van der Waals surface area contributed by atoms with E-state index in [4.69, 9.17) is 11.6 Å². The summed E-state index contributed by atoms with van der Waals surface area (Å²) in [5.74, 6) is 0. The second-order valence-corrected chi connectivity index (χ2v) is 7.73. The Balaban J connectivity index is 1.18. The highest BCUT2D eigenvalue weighted by Gasteiger charge is 2.19. The van der Waals surface area contributed by atoms with E-state index in [2.05, 4.69) is 43.9 Å². The van der Waals surface area contributed by atoms with E-state index in [1.165, 1.54) is 36.5 Å². The molecule has 2 aliphatic heterocycles. The van der Waals surface area contributed by atoms with Gasteiger partial charge in [-0.05, 0) is 55.4 Å². The number of piperazine rings is 1. The predicted molar refractivity (Wildman–Crippen MR) is 108 cm³/mol. The summed E-state index contributed by atoms with van der Waals surface area (Å²) in [5, 5.41) is 0.809.